The van der Waals surface area contributed by atoms with E-state index in [2.05, 4.69) is 4.90 Å². The number of halogens is 3. The molecule has 2 aromatic carbocycles. The Labute approximate surface area is 198 Å². The lowest BCUT2D eigenvalue weighted by atomic mass is 10.1. The van der Waals surface area contributed by atoms with Crippen molar-refractivity contribution in [2.24, 2.45) is 0 Å². The first-order chi connectivity index (χ1) is 16.4. The van der Waals surface area contributed by atoms with Crippen molar-refractivity contribution >= 4 is 16.7 Å². The largest absolute Gasteiger partial charge is 0.416 e. The third kappa shape index (κ3) is 5.49. The Morgan fingerprint density at radius 3 is 2.09 bits per heavy atom. The van der Waals surface area contributed by atoms with Crippen LogP contribution in [0.3, 0.4) is 0 Å². The van der Waals surface area contributed by atoms with Gasteiger partial charge in [-0.1, -0.05) is 31.0 Å². The molecule has 0 amide bonds. The number of nitrogens with zero attached hydrogens (tertiary/aromatic N) is 4. The minimum atomic E-state index is -4.31. The van der Waals surface area contributed by atoms with Gasteiger partial charge in [-0.3, -0.25) is 14.0 Å². The van der Waals surface area contributed by atoms with Gasteiger partial charge in [0.2, 0.25) is 0 Å². The van der Waals surface area contributed by atoms with Gasteiger partial charge in [0, 0.05) is 45.0 Å². The monoisotopic (exact) mass is 474 g/mol. The molecular weight excluding hydrogens is 441 g/mol. The van der Waals surface area contributed by atoms with Gasteiger partial charge in [-0.05, 0) is 56.6 Å². The van der Waals surface area contributed by atoms with Gasteiger partial charge in [-0.2, -0.15) is 13.2 Å². The van der Waals surface area contributed by atoms with Crippen LogP contribution < -0.4 is 10.6 Å². The molecule has 0 unspecified atom stereocenters. The van der Waals surface area contributed by atoms with Crippen LogP contribution in [-0.2, 0) is 19.3 Å². The van der Waals surface area contributed by atoms with Gasteiger partial charge in [0.15, 0.2) is 0 Å². The van der Waals surface area contributed by atoms with Crippen LogP contribution in [0.2, 0.25) is 0 Å². The number of imidazole rings is 1. The highest BCUT2D eigenvalue weighted by molar-refractivity contribution is 5.75. The number of fused-ring (bicyclic) bond motifs is 1. The lowest BCUT2D eigenvalue weighted by Gasteiger charge is -2.36. The maximum atomic E-state index is 13.0. The zero-order valence-corrected chi connectivity index (χ0v) is 19.7. The van der Waals surface area contributed by atoms with E-state index in [0.717, 1.165) is 82.1 Å². The second kappa shape index (κ2) is 10.7. The second-order valence-electron chi connectivity index (χ2n) is 8.96. The van der Waals surface area contributed by atoms with Crippen LogP contribution in [0.15, 0.2) is 53.3 Å². The number of anilines is 1. The van der Waals surface area contributed by atoms with Gasteiger partial charge in [0.1, 0.15) is 0 Å². The van der Waals surface area contributed by atoms with E-state index in [-0.39, 0.29) is 5.69 Å². The van der Waals surface area contributed by atoms with E-state index < -0.39 is 11.7 Å². The average Bonchev–Trinajstić information content (AvgIpc) is 3.11. The van der Waals surface area contributed by atoms with Crippen molar-refractivity contribution in [2.75, 3.05) is 37.6 Å². The molecule has 2 heterocycles. The molecule has 1 fully saturated rings. The molecule has 1 aromatic heterocycles. The molecule has 1 aliphatic heterocycles. The zero-order valence-electron chi connectivity index (χ0n) is 19.7. The van der Waals surface area contributed by atoms with E-state index in [1.807, 2.05) is 45.2 Å². The first-order valence-electron chi connectivity index (χ1n) is 12.2. The Morgan fingerprint density at radius 1 is 0.794 bits per heavy atom. The summed E-state index contributed by atoms with van der Waals surface area (Å²) in [5, 5.41) is 0. The molecular formula is C26H33F3N4O. The maximum Gasteiger partial charge on any atom is 0.416 e. The molecule has 0 spiro atoms. The van der Waals surface area contributed by atoms with Gasteiger partial charge < -0.3 is 4.90 Å². The van der Waals surface area contributed by atoms with Crippen molar-refractivity contribution in [1.82, 2.24) is 14.0 Å². The molecule has 0 saturated carbocycles. The van der Waals surface area contributed by atoms with Gasteiger partial charge >= 0.3 is 11.9 Å². The molecule has 0 radical (unpaired) electrons. The van der Waals surface area contributed by atoms with Crippen LogP contribution in [0.5, 0.6) is 0 Å². The van der Waals surface area contributed by atoms with Gasteiger partial charge in [0.25, 0.3) is 0 Å². The number of hydrogen-bond acceptors (Lipinski definition) is 3. The number of aryl methyl sites for hydroxylation is 2. The highest BCUT2D eigenvalue weighted by atomic mass is 19.4. The predicted molar refractivity (Wildman–Crippen MR) is 130 cm³/mol. The second-order valence-corrected chi connectivity index (χ2v) is 8.96. The van der Waals surface area contributed by atoms with E-state index in [4.69, 9.17) is 0 Å². The Morgan fingerprint density at radius 2 is 1.44 bits per heavy atom. The van der Waals surface area contributed by atoms with Crippen LogP contribution >= 0.6 is 0 Å². The van der Waals surface area contributed by atoms with Crippen LogP contribution in [0.25, 0.3) is 11.0 Å². The number of para-hydroxylation sites is 2. The fraction of sp³-hybridized carbons (Fsp3) is 0.500. The zero-order chi connectivity index (χ0) is 24.1. The van der Waals surface area contributed by atoms with Crippen LogP contribution in [0.4, 0.5) is 18.9 Å². The molecule has 3 aromatic rings. The van der Waals surface area contributed by atoms with Crippen molar-refractivity contribution in [3.8, 4) is 0 Å². The van der Waals surface area contributed by atoms with Crippen molar-refractivity contribution in [3.05, 3.63) is 64.6 Å². The van der Waals surface area contributed by atoms with E-state index in [1.165, 1.54) is 12.1 Å². The molecule has 0 atom stereocenters. The molecule has 4 rings (SSSR count). The molecule has 1 aliphatic rings. The van der Waals surface area contributed by atoms with E-state index in [0.29, 0.717) is 12.2 Å². The molecule has 0 N–H and O–H groups in total. The van der Waals surface area contributed by atoms with Gasteiger partial charge in [0.05, 0.1) is 16.6 Å². The van der Waals surface area contributed by atoms with Crippen molar-refractivity contribution < 1.29 is 13.2 Å². The number of piperazine rings is 1. The Balaban J connectivity index is 1.18. The molecule has 5 nitrogen and oxygen atoms in total. The third-order valence-corrected chi connectivity index (χ3v) is 6.76. The van der Waals surface area contributed by atoms with Gasteiger partial charge in [-0.15, -0.1) is 0 Å². The molecule has 0 bridgehead atoms. The Bertz CT molecular complexity index is 1140. The van der Waals surface area contributed by atoms with E-state index >= 15 is 0 Å². The molecule has 1 saturated heterocycles. The van der Waals surface area contributed by atoms with Crippen molar-refractivity contribution in [1.29, 1.82) is 0 Å². The van der Waals surface area contributed by atoms with Crippen molar-refractivity contribution in [2.45, 2.75) is 51.9 Å². The van der Waals surface area contributed by atoms with E-state index in [1.54, 1.807) is 6.07 Å². The lowest BCUT2D eigenvalue weighted by molar-refractivity contribution is -0.137. The summed E-state index contributed by atoms with van der Waals surface area (Å²) in [5.74, 6) is 0. The predicted octanol–water partition coefficient (Wildman–Crippen LogP) is 5.22. The Hall–Kier alpha value is -2.74. The SMILES string of the molecule is CCn1c(=O)n(CCCCCCN2CCN(c3cccc(C(F)(F)F)c3)CC2)c2ccccc21. The lowest BCUT2D eigenvalue weighted by Crippen LogP contribution is -2.46. The molecule has 0 aliphatic carbocycles. The summed E-state index contributed by atoms with van der Waals surface area (Å²) < 4.78 is 42.7. The highest BCUT2D eigenvalue weighted by Gasteiger charge is 2.31. The number of rotatable bonds is 9. The third-order valence-electron chi connectivity index (χ3n) is 6.76. The van der Waals surface area contributed by atoms with Gasteiger partial charge in [-0.25, -0.2) is 4.79 Å². The molecule has 8 heteroatoms. The number of hydrogen-bond donors (Lipinski definition) is 0. The number of unbranched alkanes of at least 4 members (excludes halogenated alkanes) is 3. The van der Waals surface area contributed by atoms with Crippen LogP contribution in [-0.4, -0.2) is 46.8 Å². The minimum Gasteiger partial charge on any atom is -0.369 e. The topological polar surface area (TPSA) is 33.4 Å². The minimum absolute atomic E-state index is 0.0716. The summed E-state index contributed by atoms with van der Waals surface area (Å²) in [6.07, 6.45) is -0.0634. The molecule has 34 heavy (non-hydrogen) atoms. The fourth-order valence-electron chi connectivity index (χ4n) is 4.86. The van der Waals surface area contributed by atoms with Crippen molar-refractivity contribution in [3.63, 3.8) is 0 Å². The van der Waals surface area contributed by atoms with E-state index in [9.17, 15) is 18.0 Å². The Kier molecular flexibility index (Phi) is 7.66. The number of aromatic nitrogens is 2. The van der Waals surface area contributed by atoms with Crippen LogP contribution in [0, 0.1) is 0 Å². The summed E-state index contributed by atoms with van der Waals surface area (Å²) in [4.78, 5) is 17.1. The van der Waals surface area contributed by atoms with Crippen LogP contribution in [0.1, 0.15) is 38.2 Å². The number of alkyl halides is 3. The quantitative estimate of drug-likeness (QED) is 0.399. The summed E-state index contributed by atoms with van der Waals surface area (Å²) in [7, 11) is 0. The highest BCUT2D eigenvalue weighted by Crippen LogP contribution is 2.31. The molecule has 184 valence electrons. The summed E-state index contributed by atoms with van der Waals surface area (Å²) in [6, 6.07) is 13.6. The fourth-order valence-corrected chi connectivity index (χ4v) is 4.86. The maximum absolute atomic E-state index is 13.0. The number of benzene rings is 2. The average molecular weight is 475 g/mol. The summed E-state index contributed by atoms with van der Waals surface area (Å²) >= 11 is 0. The standard InChI is InChI=1S/C26H33F3N4O/c1-2-32-23-12-5-6-13-24(23)33(25(32)34)15-8-4-3-7-14-30-16-18-31(19-17-30)22-11-9-10-21(20-22)26(27,28)29/h5-6,9-13,20H,2-4,7-8,14-19H2,1H3. The smallest absolute Gasteiger partial charge is 0.369 e. The first-order valence-corrected chi connectivity index (χ1v) is 12.2. The summed E-state index contributed by atoms with van der Waals surface area (Å²) in [5.41, 5.74) is 2.14. The normalized spacial score (nSPS) is 15.4. The first kappa shape index (κ1) is 24.4. The summed E-state index contributed by atoms with van der Waals surface area (Å²) in [6.45, 7) is 7.63.